The van der Waals surface area contributed by atoms with E-state index in [1.165, 1.54) is 0 Å². The van der Waals surface area contributed by atoms with Gasteiger partial charge in [-0.05, 0) is 48.0 Å². The zero-order valence-electron chi connectivity index (χ0n) is 17.8. The molecule has 0 bridgehead atoms. The number of hydrogen-bond donors (Lipinski definition) is 0. The van der Waals surface area contributed by atoms with E-state index in [1.54, 1.807) is 18.2 Å². The molecule has 1 aromatic rings. The molecule has 0 spiro atoms. The summed E-state index contributed by atoms with van der Waals surface area (Å²) in [5, 5.41) is 7.54. The molecule has 0 N–H and O–H groups in total. The number of halogens is 2. The second kappa shape index (κ2) is 13.1. The third-order valence-electron chi connectivity index (χ3n) is 5.70. The zero-order chi connectivity index (χ0) is 23.4. The number of Topliss-reactive ketones (excluding diaryl/α,β-unsaturated/α-hetero) is 1. The van der Waals surface area contributed by atoms with E-state index in [1.807, 2.05) is 20.8 Å². The van der Waals surface area contributed by atoms with Crippen LogP contribution in [0.3, 0.4) is 0 Å². The van der Waals surface area contributed by atoms with E-state index >= 15 is 0 Å². The predicted octanol–water partition coefficient (Wildman–Crippen LogP) is 6.64. The summed E-state index contributed by atoms with van der Waals surface area (Å²) in [6, 6.07) is 4.76. The zero-order valence-corrected chi connectivity index (χ0v) is 19.3. The van der Waals surface area contributed by atoms with Crippen molar-refractivity contribution in [1.29, 1.82) is 0 Å². The van der Waals surface area contributed by atoms with Crippen molar-refractivity contribution in [2.24, 2.45) is 21.6 Å². The van der Waals surface area contributed by atoms with E-state index in [0.29, 0.717) is 29.8 Å². The molecule has 168 valence electrons. The summed E-state index contributed by atoms with van der Waals surface area (Å²) < 4.78 is 5.27. The van der Waals surface area contributed by atoms with Gasteiger partial charge in [-0.15, -0.1) is 0 Å². The molecule has 0 aromatic heterocycles. The summed E-state index contributed by atoms with van der Waals surface area (Å²) in [4.78, 5) is 32.3. The predicted molar refractivity (Wildman–Crippen MR) is 120 cm³/mol. The fourth-order valence-electron chi connectivity index (χ4n) is 3.65. The third kappa shape index (κ3) is 6.77. The summed E-state index contributed by atoms with van der Waals surface area (Å²) in [6.45, 7) is 5.32. The minimum atomic E-state index is -1.23. The van der Waals surface area contributed by atoms with E-state index < -0.39 is 23.2 Å². The Balaban J connectivity index is 3.53. The average Bonchev–Trinajstić information content (AvgIpc) is 2.77. The van der Waals surface area contributed by atoms with Crippen molar-refractivity contribution >= 4 is 35.0 Å². The largest absolute Gasteiger partial charge is 0.465 e. The average molecular weight is 469 g/mol. The quantitative estimate of drug-likeness (QED) is 0.0798. The normalized spacial score (nSPS) is 12.8. The maximum Gasteiger partial charge on any atom is 0.317 e. The molecule has 0 aliphatic rings. The SMILES string of the molecule is CCC(CC)(CC)C(=O)C(C(=O)OCCN=[N+]=[N-])C(CN=[N+]=[N-])c1ccc(Cl)c(Cl)c1. The molecule has 9 nitrogen and oxygen atoms in total. The van der Waals surface area contributed by atoms with Crippen LogP contribution in [-0.2, 0) is 14.3 Å². The molecule has 0 saturated heterocycles. The van der Waals surface area contributed by atoms with Gasteiger partial charge >= 0.3 is 5.97 Å². The Hall–Kier alpha value is -2.44. The van der Waals surface area contributed by atoms with Crippen LogP contribution in [0, 0.1) is 11.3 Å². The van der Waals surface area contributed by atoms with E-state index in [4.69, 9.17) is 39.0 Å². The topological polar surface area (TPSA) is 141 Å². The number of rotatable bonds is 13. The maximum atomic E-state index is 13.7. The summed E-state index contributed by atoms with van der Waals surface area (Å²) in [6.07, 6.45) is 1.62. The Bertz CT molecular complexity index is 869. The van der Waals surface area contributed by atoms with Crippen LogP contribution >= 0.6 is 23.2 Å². The highest BCUT2D eigenvalue weighted by molar-refractivity contribution is 6.42. The molecule has 0 saturated carbocycles. The molecular formula is C20H26Cl2N6O3. The second-order valence-electron chi connectivity index (χ2n) is 7.00. The van der Waals surface area contributed by atoms with Crippen molar-refractivity contribution in [1.82, 2.24) is 0 Å². The molecule has 0 amide bonds. The number of ketones is 1. The van der Waals surface area contributed by atoms with Gasteiger partial charge in [0.25, 0.3) is 0 Å². The van der Waals surface area contributed by atoms with Gasteiger partial charge in [0.15, 0.2) is 5.78 Å². The molecule has 0 aliphatic heterocycles. The third-order valence-corrected chi connectivity index (χ3v) is 6.44. The molecule has 0 radical (unpaired) electrons. The van der Waals surface area contributed by atoms with Gasteiger partial charge in [0.1, 0.15) is 5.92 Å². The number of nitrogens with zero attached hydrogens (tertiary/aromatic N) is 6. The van der Waals surface area contributed by atoms with E-state index in [9.17, 15) is 9.59 Å². The standard InChI is InChI=1S/C20H26Cl2N6O3/c1-4-20(5-2,6-3)18(29)17(19(30)31-10-9-25-27-23)14(12-26-28-24)13-7-8-15(21)16(22)11-13/h7-8,11,14,17H,4-6,9-10,12H2,1-3H3. The van der Waals surface area contributed by atoms with Crippen LogP contribution in [0.15, 0.2) is 28.4 Å². The molecule has 0 heterocycles. The molecule has 11 heteroatoms. The van der Waals surface area contributed by atoms with Crippen molar-refractivity contribution in [3.8, 4) is 0 Å². The lowest BCUT2D eigenvalue weighted by Gasteiger charge is -2.35. The number of azide groups is 2. The molecule has 31 heavy (non-hydrogen) atoms. The Morgan fingerprint density at radius 1 is 1.06 bits per heavy atom. The van der Waals surface area contributed by atoms with Crippen LogP contribution in [0.1, 0.15) is 51.5 Å². The highest BCUT2D eigenvalue weighted by Crippen LogP contribution is 2.40. The highest BCUT2D eigenvalue weighted by Gasteiger charge is 2.45. The van der Waals surface area contributed by atoms with Crippen LogP contribution in [0.4, 0.5) is 0 Å². The first-order chi connectivity index (χ1) is 14.8. The Morgan fingerprint density at radius 3 is 2.19 bits per heavy atom. The monoisotopic (exact) mass is 468 g/mol. The van der Waals surface area contributed by atoms with E-state index in [2.05, 4.69) is 20.1 Å². The highest BCUT2D eigenvalue weighted by atomic mass is 35.5. The Kier molecular flexibility index (Phi) is 11.2. The first kappa shape index (κ1) is 26.6. The first-order valence-electron chi connectivity index (χ1n) is 9.99. The van der Waals surface area contributed by atoms with Crippen molar-refractivity contribution < 1.29 is 14.3 Å². The maximum absolute atomic E-state index is 13.7. The minimum absolute atomic E-state index is 0.0581. The number of carbonyl (C=O) groups excluding carboxylic acids is 2. The van der Waals surface area contributed by atoms with Crippen LogP contribution in [0.5, 0.6) is 0 Å². The Morgan fingerprint density at radius 2 is 1.68 bits per heavy atom. The smallest absolute Gasteiger partial charge is 0.317 e. The van der Waals surface area contributed by atoms with Crippen LogP contribution in [-0.4, -0.2) is 31.4 Å². The van der Waals surface area contributed by atoms with Gasteiger partial charge in [0.2, 0.25) is 0 Å². The van der Waals surface area contributed by atoms with Gasteiger partial charge < -0.3 is 4.74 Å². The van der Waals surface area contributed by atoms with Gasteiger partial charge in [0.05, 0.1) is 23.2 Å². The molecule has 2 atom stereocenters. The van der Waals surface area contributed by atoms with Crippen LogP contribution in [0.2, 0.25) is 10.0 Å². The van der Waals surface area contributed by atoms with Gasteiger partial charge in [-0.25, -0.2) is 0 Å². The van der Waals surface area contributed by atoms with Crippen molar-refractivity contribution in [2.75, 3.05) is 19.7 Å². The molecular weight excluding hydrogens is 443 g/mol. The van der Waals surface area contributed by atoms with Gasteiger partial charge in [-0.3, -0.25) is 9.59 Å². The molecule has 1 aromatic carbocycles. The lowest BCUT2D eigenvalue weighted by molar-refractivity contribution is -0.156. The molecule has 0 aliphatic carbocycles. The van der Waals surface area contributed by atoms with Crippen molar-refractivity contribution in [2.45, 2.75) is 46.0 Å². The number of hydrogen-bond acceptors (Lipinski definition) is 5. The Labute approximate surface area is 191 Å². The second-order valence-corrected chi connectivity index (χ2v) is 7.81. The lowest BCUT2D eigenvalue weighted by atomic mass is 9.68. The number of esters is 1. The van der Waals surface area contributed by atoms with Crippen LogP contribution < -0.4 is 0 Å². The van der Waals surface area contributed by atoms with Crippen molar-refractivity contribution in [3.63, 3.8) is 0 Å². The summed E-state index contributed by atoms with van der Waals surface area (Å²) in [7, 11) is 0. The summed E-state index contributed by atoms with van der Waals surface area (Å²) >= 11 is 12.2. The molecule has 0 fully saturated rings. The van der Waals surface area contributed by atoms with E-state index in [0.717, 1.165) is 0 Å². The van der Waals surface area contributed by atoms with Crippen LogP contribution in [0.25, 0.3) is 20.9 Å². The lowest BCUT2D eigenvalue weighted by Crippen LogP contribution is -2.43. The number of benzene rings is 1. The van der Waals surface area contributed by atoms with Gasteiger partial charge in [-0.2, -0.15) is 0 Å². The first-order valence-corrected chi connectivity index (χ1v) is 10.7. The fourth-order valence-corrected chi connectivity index (χ4v) is 3.96. The fraction of sp³-hybridized carbons (Fsp3) is 0.600. The number of carbonyl (C=O) groups is 2. The number of ether oxygens (including phenoxy) is 1. The molecule has 1 rings (SSSR count). The van der Waals surface area contributed by atoms with E-state index in [-0.39, 0.29) is 30.5 Å². The van der Waals surface area contributed by atoms with Gasteiger partial charge in [-0.1, -0.05) is 60.3 Å². The molecule has 2 unspecified atom stereocenters. The summed E-state index contributed by atoms with van der Waals surface area (Å²) in [5.41, 5.74) is 17.1. The minimum Gasteiger partial charge on any atom is -0.465 e. The van der Waals surface area contributed by atoms with Gasteiger partial charge in [0, 0.05) is 27.7 Å². The summed E-state index contributed by atoms with van der Waals surface area (Å²) in [5.74, 6) is -3.07. The van der Waals surface area contributed by atoms with Crippen molar-refractivity contribution in [3.05, 3.63) is 54.7 Å².